The number of hydrogen-bond acceptors (Lipinski definition) is 2. The van der Waals surface area contributed by atoms with Gasteiger partial charge in [0, 0.05) is 28.4 Å². The van der Waals surface area contributed by atoms with E-state index in [0.717, 1.165) is 39.6 Å². The Hall–Kier alpha value is -5.45. The maximum atomic E-state index is 5.49. The van der Waals surface area contributed by atoms with E-state index in [9.17, 15) is 0 Å². The Kier molecular flexibility index (Phi) is 5.37. The van der Waals surface area contributed by atoms with Gasteiger partial charge in [0.2, 0.25) is 5.78 Å². The molecule has 9 aromatic rings. The Bertz CT molecular complexity index is 2360. The zero-order chi connectivity index (χ0) is 28.3. The van der Waals surface area contributed by atoms with Gasteiger partial charge in [-0.3, -0.25) is 13.3 Å². The summed E-state index contributed by atoms with van der Waals surface area (Å²) in [5, 5.41) is 3.73. The second-order valence-corrected chi connectivity index (χ2v) is 12.6. The molecule has 0 aliphatic heterocycles. The van der Waals surface area contributed by atoms with E-state index in [4.69, 9.17) is 9.97 Å². The minimum atomic E-state index is -0.951. The molecule has 0 bridgehead atoms. The molecule has 0 saturated carbocycles. The molecule has 0 saturated heterocycles. The lowest BCUT2D eigenvalue weighted by Gasteiger charge is -2.21. The Morgan fingerprint density at radius 1 is 0.488 bits per heavy atom. The molecule has 0 spiro atoms. The first-order chi connectivity index (χ1) is 21.4. The summed E-state index contributed by atoms with van der Waals surface area (Å²) in [7, 11) is -0.951. The van der Waals surface area contributed by atoms with Crippen LogP contribution in [0.2, 0.25) is 0 Å². The van der Waals surface area contributed by atoms with E-state index < -0.39 is 8.07 Å². The highest BCUT2D eigenvalue weighted by Gasteiger charge is 2.27. The average molecular weight is 573 g/mol. The van der Waals surface area contributed by atoms with Crippen molar-refractivity contribution in [3.63, 3.8) is 0 Å². The molecular weight excluding hydrogens is 547 g/mol. The minimum absolute atomic E-state index is 0.828. The smallest absolute Gasteiger partial charge is 0.223 e. The fourth-order valence-electron chi connectivity index (χ4n) is 6.20. The monoisotopic (exact) mass is 572 g/mol. The Morgan fingerprint density at radius 2 is 1.09 bits per heavy atom. The Morgan fingerprint density at radius 3 is 1.81 bits per heavy atom. The van der Waals surface area contributed by atoms with E-state index >= 15 is 0 Å². The van der Waals surface area contributed by atoms with Crippen LogP contribution in [-0.4, -0.2) is 27.8 Å². The van der Waals surface area contributed by atoms with Crippen LogP contribution in [0.15, 0.2) is 152 Å². The van der Waals surface area contributed by atoms with Gasteiger partial charge in [0.25, 0.3) is 0 Å². The van der Waals surface area contributed by atoms with Crippen LogP contribution >= 0.6 is 8.07 Å². The van der Waals surface area contributed by atoms with Crippen LogP contribution in [0, 0.1) is 0 Å². The van der Waals surface area contributed by atoms with E-state index in [-0.39, 0.29) is 0 Å². The van der Waals surface area contributed by atoms with Gasteiger partial charge < -0.3 is 4.57 Å². The number of para-hydroxylation sites is 3. The van der Waals surface area contributed by atoms with Gasteiger partial charge in [-0.1, -0.05) is 97.1 Å². The van der Waals surface area contributed by atoms with E-state index in [1.54, 1.807) is 0 Å². The molecule has 0 unspecified atom stereocenters. The number of aromatic nitrogens is 6. The lowest BCUT2D eigenvalue weighted by atomic mass is 10.2. The third-order valence-corrected chi connectivity index (χ3v) is 10.4. The predicted octanol–water partition coefficient (Wildman–Crippen LogP) is 7.47. The summed E-state index contributed by atoms with van der Waals surface area (Å²) in [5.74, 6) is 2.54. The standard InChI is InChI=1S/C36H25N6P/c1-3-14-26(15-4-1)43(27-16-5-2-6-17-27)42-29-19-8-7-18-28(29)34-35(42)38-36-40(30-20-9-10-21-31(30)41(34)36)33-23-13-22-32(37-33)39-24-11-12-25-39/h1-25H. The van der Waals surface area contributed by atoms with Crippen molar-refractivity contribution < 1.29 is 0 Å². The molecule has 0 fully saturated rings. The predicted molar refractivity (Wildman–Crippen MR) is 177 cm³/mol. The number of benzene rings is 4. The second kappa shape index (κ2) is 9.55. The topological polar surface area (TPSA) is 45.0 Å². The average Bonchev–Trinajstić information content (AvgIpc) is 3.85. The zero-order valence-corrected chi connectivity index (χ0v) is 24.0. The lowest BCUT2D eigenvalue weighted by molar-refractivity contribution is 0.962. The second-order valence-electron chi connectivity index (χ2n) is 10.5. The van der Waals surface area contributed by atoms with Crippen LogP contribution in [-0.2, 0) is 0 Å². The van der Waals surface area contributed by atoms with Gasteiger partial charge in [0.05, 0.1) is 24.6 Å². The number of fused-ring (bicyclic) bond motifs is 7. The first kappa shape index (κ1) is 24.2. The number of nitrogens with zero attached hydrogens (tertiary/aromatic N) is 6. The van der Waals surface area contributed by atoms with E-state index in [0.29, 0.717) is 0 Å². The SMILES string of the molecule is c1ccc(P(c2ccccc2)n2c3ccccc3c3c2nc2n(-c4cccc(-n5cccc5)n4)c4ccccc4n32)cc1. The molecule has 7 heteroatoms. The van der Waals surface area contributed by atoms with Crippen LogP contribution < -0.4 is 10.6 Å². The van der Waals surface area contributed by atoms with Crippen molar-refractivity contribution in [1.29, 1.82) is 0 Å². The molecule has 43 heavy (non-hydrogen) atoms. The molecule has 0 N–H and O–H groups in total. The van der Waals surface area contributed by atoms with Crippen LogP contribution in [0.4, 0.5) is 0 Å². The summed E-state index contributed by atoms with van der Waals surface area (Å²) in [6.45, 7) is 0. The van der Waals surface area contributed by atoms with E-state index in [1.807, 2.05) is 35.2 Å². The first-order valence-electron chi connectivity index (χ1n) is 14.3. The van der Waals surface area contributed by atoms with Crippen LogP contribution in [0.3, 0.4) is 0 Å². The normalized spacial score (nSPS) is 11.9. The van der Waals surface area contributed by atoms with Gasteiger partial charge in [-0.2, -0.15) is 4.98 Å². The summed E-state index contributed by atoms with van der Waals surface area (Å²) in [4.78, 5) is 10.6. The van der Waals surface area contributed by atoms with Crippen molar-refractivity contribution in [1.82, 2.24) is 27.8 Å². The van der Waals surface area contributed by atoms with Gasteiger partial charge in [-0.15, -0.1) is 0 Å². The Balaban J connectivity index is 1.41. The third kappa shape index (κ3) is 3.64. The number of imidazole rings is 2. The summed E-state index contributed by atoms with van der Waals surface area (Å²) >= 11 is 0. The fourth-order valence-corrected chi connectivity index (χ4v) is 8.59. The Labute approximate surface area is 248 Å². The summed E-state index contributed by atoms with van der Waals surface area (Å²) in [5.41, 5.74) is 5.42. The van der Waals surface area contributed by atoms with Crippen molar-refractivity contribution in [3.8, 4) is 11.6 Å². The van der Waals surface area contributed by atoms with Gasteiger partial charge in [0.1, 0.15) is 17.2 Å². The highest BCUT2D eigenvalue weighted by Crippen LogP contribution is 2.45. The molecule has 0 aliphatic carbocycles. The van der Waals surface area contributed by atoms with Crippen molar-refractivity contribution in [2.24, 2.45) is 0 Å². The van der Waals surface area contributed by atoms with Crippen LogP contribution in [0.5, 0.6) is 0 Å². The molecule has 6 nitrogen and oxygen atoms in total. The third-order valence-electron chi connectivity index (χ3n) is 8.01. The van der Waals surface area contributed by atoms with Crippen molar-refractivity contribution >= 4 is 57.6 Å². The maximum Gasteiger partial charge on any atom is 0.223 e. The molecule has 204 valence electrons. The summed E-state index contributed by atoms with van der Waals surface area (Å²) < 4.78 is 9.01. The minimum Gasteiger partial charge on any atom is -0.309 e. The van der Waals surface area contributed by atoms with Crippen LogP contribution in [0.1, 0.15) is 0 Å². The molecular formula is C36H25N6P. The fraction of sp³-hybridized carbons (Fsp3) is 0. The molecule has 4 aromatic carbocycles. The molecule has 5 heterocycles. The quantitative estimate of drug-likeness (QED) is 0.201. The molecule has 0 radical (unpaired) electrons. The number of pyridine rings is 1. The molecule has 5 aromatic heterocycles. The molecule has 0 atom stereocenters. The lowest BCUT2D eigenvalue weighted by Crippen LogP contribution is -2.17. The van der Waals surface area contributed by atoms with Gasteiger partial charge in [0.15, 0.2) is 5.65 Å². The highest BCUT2D eigenvalue weighted by atomic mass is 31.1. The van der Waals surface area contributed by atoms with E-state index in [1.165, 1.54) is 21.5 Å². The first-order valence-corrected chi connectivity index (χ1v) is 15.6. The maximum absolute atomic E-state index is 5.49. The van der Waals surface area contributed by atoms with Gasteiger partial charge in [-0.05, 0) is 42.5 Å². The number of hydrogen-bond donors (Lipinski definition) is 0. The largest absolute Gasteiger partial charge is 0.309 e. The molecule has 0 amide bonds. The molecule has 0 aliphatic rings. The van der Waals surface area contributed by atoms with E-state index in [2.05, 4.69) is 135 Å². The zero-order valence-electron chi connectivity index (χ0n) is 23.1. The number of rotatable bonds is 5. The van der Waals surface area contributed by atoms with Crippen molar-refractivity contribution in [2.75, 3.05) is 0 Å². The summed E-state index contributed by atoms with van der Waals surface area (Å²) in [6, 6.07) is 49.0. The van der Waals surface area contributed by atoms with Gasteiger partial charge in [-0.25, -0.2) is 4.98 Å². The molecule has 9 rings (SSSR count). The van der Waals surface area contributed by atoms with Crippen molar-refractivity contribution in [2.45, 2.75) is 0 Å². The van der Waals surface area contributed by atoms with Crippen molar-refractivity contribution in [3.05, 3.63) is 152 Å². The highest BCUT2D eigenvalue weighted by molar-refractivity contribution is 7.72. The van der Waals surface area contributed by atoms with Crippen LogP contribution in [0.25, 0.3) is 50.5 Å². The summed E-state index contributed by atoms with van der Waals surface area (Å²) in [6.07, 6.45) is 4.04. The van der Waals surface area contributed by atoms with Gasteiger partial charge >= 0.3 is 0 Å².